The smallest absolute Gasteiger partial charge is 0.303 e. The number of carboxylic acids is 1. The highest BCUT2D eigenvalue weighted by atomic mass is 16.4. The first-order valence-electron chi connectivity index (χ1n) is 7.01. The number of hydrogen-bond acceptors (Lipinski definition) is 2. The van der Waals surface area contributed by atoms with Gasteiger partial charge in [0.1, 0.15) is 0 Å². The summed E-state index contributed by atoms with van der Waals surface area (Å²) < 4.78 is 0. The van der Waals surface area contributed by atoms with Crippen LogP contribution in [-0.2, 0) is 4.79 Å². The predicted molar refractivity (Wildman–Crippen MR) is 78.1 cm³/mol. The van der Waals surface area contributed by atoms with Crippen LogP contribution in [0.5, 0.6) is 0 Å². The SMILES string of the molecule is CC(C)CC(NC(C)CCC(=O)O)c1ccccc1. The van der Waals surface area contributed by atoms with E-state index in [0.717, 1.165) is 6.42 Å². The van der Waals surface area contributed by atoms with E-state index in [1.807, 2.05) is 18.2 Å². The molecular formula is C16H25NO2. The maximum atomic E-state index is 10.6. The Morgan fingerprint density at radius 1 is 1.21 bits per heavy atom. The highest BCUT2D eigenvalue weighted by Gasteiger charge is 2.16. The number of hydrogen-bond donors (Lipinski definition) is 2. The van der Waals surface area contributed by atoms with Crippen LogP contribution in [0.3, 0.4) is 0 Å². The van der Waals surface area contributed by atoms with Gasteiger partial charge in [-0.1, -0.05) is 44.2 Å². The minimum Gasteiger partial charge on any atom is -0.481 e. The van der Waals surface area contributed by atoms with E-state index in [9.17, 15) is 4.79 Å². The molecular weight excluding hydrogens is 238 g/mol. The van der Waals surface area contributed by atoms with Crippen LogP contribution in [0.4, 0.5) is 0 Å². The average Bonchev–Trinajstić information content (AvgIpc) is 2.36. The van der Waals surface area contributed by atoms with Crippen molar-refractivity contribution in [2.75, 3.05) is 0 Å². The van der Waals surface area contributed by atoms with Gasteiger partial charge in [-0.2, -0.15) is 0 Å². The maximum absolute atomic E-state index is 10.6. The van der Waals surface area contributed by atoms with Crippen molar-refractivity contribution in [2.24, 2.45) is 5.92 Å². The molecule has 0 aliphatic carbocycles. The van der Waals surface area contributed by atoms with Crippen LogP contribution >= 0.6 is 0 Å². The molecule has 2 atom stereocenters. The number of carboxylic acid groups (broad SMARTS) is 1. The van der Waals surface area contributed by atoms with Crippen LogP contribution in [0, 0.1) is 5.92 Å². The van der Waals surface area contributed by atoms with Gasteiger partial charge in [-0.25, -0.2) is 0 Å². The molecule has 0 saturated carbocycles. The van der Waals surface area contributed by atoms with Gasteiger partial charge in [-0.05, 0) is 31.2 Å². The van der Waals surface area contributed by atoms with E-state index in [0.29, 0.717) is 18.4 Å². The minimum absolute atomic E-state index is 0.208. The van der Waals surface area contributed by atoms with Crippen LogP contribution in [0.2, 0.25) is 0 Å². The first-order valence-corrected chi connectivity index (χ1v) is 7.01. The van der Waals surface area contributed by atoms with Crippen molar-refractivity contribution in [2.45, 2.75) is 52.1 Å². The highest BCUT2D eigenvalue weighted by molar-refractivity contribution is 5.66. The van der Waals surface area contributed by atoms with Gasteiger partial charge >= 0.3 is 5.97 Å². The van der Waals surface area contributed by atoms with Crippen LogP contribution in [0.15, 0.2) is 30.3 Å². The van der Waals surface area contributed by atoms with Gasteiger partial charge in [0.05, 0.1) is 0 Å². The lowest BCUT2D eigenvalue weighted by molar-refractivity contribution is -0.137. The molecule has 1 aromatic rings. The van der Waals surface area contributed by atoms with Gasteiger partial charge in [0.25, 0.3) is 0 Å². The fourth-order valence-corrected chi connectivity index (χ4v) is 2.22. The molecule has 0 bridgehead atoms. The molecule has 0 aliphatic rings. The lowest BCUT2D eigenvalue weighted by Crippen LogP contribution is -2.31. The van der Waals surface area contributed by atoms with E-state index >= 15 is 0 Å². The van der Waals surface area contributed by atoms with E-state index < -0.39 is 5.97 Å². The average molecular weight is 263 g/mol. The standard InChI is InChI=1S/C16H25NO2/c1-12(2)11-15(14-7-5-4-6-8-14)17-13(3)9-10-16(18)19/h4-8,12-13,15,17H,9-11H2,1-3H3,(H,18,19). The third-order valence-corrected chi connectivity index (χ3v) is 3.19. The van der Waals surface area contributed by atoms with Crippen LogP contribution in [-0.4, -0.2) is 17.1 Å². The summed E-state index contributed by atoms with van der Waals surface area (Å²) >= 11 is 0. The molecule has 0 radical (unpaired) electrons. The Kier molecular flexibility index (Phi) is 6.57. The van der Waals surface area contributed by atoms with Crippen molar-refractivity contribution < 1.29 is 9.90 Å². The lowest BCUT2D eigenvalue weighted by Gasteiger charge is -2.25. The van der Waals surface area contributed by atoms with Crippen molar-refractivity contribution in [3.05, 3.63) is 35.9 Å². The number of benzene rings is 1. The normalized spacial score (nSPS) is 14.3. The van der Waals surface area contributed by atoms with Gasteiger partial charge in [-0.3, -0.25) is 4.79 Å². The fraction of sp³-hybridized carbons (Fsp3) is 0.562. The molecule has 2 unspecified atom stereocenters. The Hall–Kier alpha value is -1.35. The second-order valence-electron chi connectivity index (χ2n) is 5.59. The third-order valence-electron chi connectivity index (χ3n) is 3.19. The molecule has 0 aromatic heterocycles. The molecule has 3 nitrogen and oxygen atoms in total. The Labute approximate surface area is 116 Å². The second kappa shape index (κ2) is 7.95. The summed E-state index contributed by atoms with van der Waals surface area (Å²) in [6.07, 6.45) is 1.94. The lowest BCUT2D eigenvalue weighted by atomic mass is 9.96. The number of nitrogens with one attached hydrogen (secondary N) is 1. The summed E-state index contributed by atoms with van der Waals surface area (Å²) in [6.45, 7) is 6.47. The summed E-state index contributed by atoms with van der Waals surface area (Å²) in [5.41, 5.74) is 1.28. The van der Waals surface area contributed by atoms with Gasteiger partial charge in [0.15, 0.2) is 0 Å². The predicted octanol–water partition coefficient (Wildman–Crippen LogP) is 3.62. The summed E-state index contributed by atoms with van der Waals surface area (Å²) in [6, 6.07) is 10.9. The zero-order valence-electron chi connectivity index (χ0n) is 12.1. The zero-order chi connectivity index (χ0) is 14.3. The zero-order valence-corrected chi connectivity index (χ0v) is 12.1. The Bertz CT molecular complexity index is 376. The Morgan fingerprint density at radius 2 is 1.84 bits per heavy atom. The van der Waals surface area contributed by atoms with E-state index in [1.165, 1.54) is 5.56 Å². The first kappa shape index (κ1) is 15.7. The molecule has 0 amide bonds. The van der Waals surface area contributed by atoms with Gasteiger partial charge in [0.2, 0.25) is 0 Å². The van der Waals surface area contributed by atoms with Crippen molar-refractivity contribution >= 4 is 5.97 Å². The Balaban J connectivity index is 2.62. The molecule has 19 heavy (non-hydrogen) atoms. The third kappa shape index (κ3) is 6.39. The highest BCUT2D eigenvalue weighted by Crippen LogP contribution is 2.22. The molecule has 0 saturated heterocycles. The first-order chi connectivity index (χ1) is 8.99. The number of carbonyl (C=O) groups is 1. The summed E-state index contributed by atoms with van der Waals surface area (Å²) in [5.74, 6) is -0.127. The van der Waals surface area contributed by atoms with E-state index in [4.69, 9.17) is 5.11 Å². The summed E-state index contributed by atoms with van der Waals surface area (Å²) in [4.78, 5) is 10.6. The quantitative estimate of drug-likeness (QED) is 0.753. The maximum Gasteiger partial charge on any atom is 0.303 e. The van der Waals surface area contributed by atoms with Crippen molar-refractivity contribution in [1.29, 1.82) is 0 Å². The van der Waals surface area contributed by atoms with Crippen molar-refractivity contribution in [3.63, 3.8) is 0 Å². The molecule has 0 heterocycles. The molecule has 3 heteroatoms. The number of aliphatic carboxylic acids is 1. The number of rotatable bonds is 8. The monoisotopic (exact) mass is 263 g/mol. The summed E-state index contributed by atoms with van der Waals surface area (Å²) in [5, 5.41) is 12.3. The van der Waals surface area contributed by atoms with E-state index in [2.05, 4.69) is 38.2 Å². The van der Waals surface area contributed by atoms with Crippen molar-refractivity contribution in [3.8, 4) is 0 Å². The molecule has 106 valence electrons. The second-order valence-corrected chi connectivity index (χ2v) is 5.59. The van der Waals surface area contributed by atoms with Gasteiger partial charge < -0.3 is 10.4 Å². The molecule has 1 aromatic carbocycles. The molecule has 0 fully saturated rings. The molecule has 0 aliphatic heterocycles. The fourth-order valence-electron chi connectivity index (χ4n) is 2.22. The molecule has 0 spiro atoms. The summed E-state index contributed by atoms with van der Waals surface area (Å²) in [7, 11) is 0. The van der Waals surface area contributed by atoms with Crippen molar-refractivity contribution in [1.82, 2.24) is 5.32 Å². The van der Waals surface area contributed by atoms with Crippen LogP contribution in [0.1, 0.15) is 51.6 Å². The van der Waals surface area contributed by atoms with Crippen LogP contribution < -0.4 is 5.32 Å². The van der Waals surface area contributed by atoms with Crippen LogP contribution in [0.25, 0.3) is 0 Å². The largest absolute Gasteiger partial charge is 0.481 e. The topological polar surface area (TPSA) is 49.3 Å². The van der Waals surface area contributed by atoms with Gasteiger partial charge in [-0.15, -0.1) is 0 Å². The Morgan fingerprint density at radius 3 is 2.37 bits per heavy atom. The van der Waals surface area contributed by atoms with E-state index in [-0.39, 0.29) is 12.5 Å². The van der Waals surface area contributed by atoms with E-state index in [1.54, 1.807) is 0 Å². The molecule has 1 rings (SSSR count). The minimum atomic E-state index is -0.728. The molecule has 2 N–H and O–H groups in total. The van der Waals surface area contributed by atoms with Gasteiger partial charge in [0, 0.05) is 18.5 Å².